The van der Waals surface area contributed by atoms with Crippen molar-refractivity contribution in [1.29, 1.82) is 0 Å². The Bertz CT molecular complexity index is 1390. The van der Waals surface area contributed by atoms with Gasteiger partial charge in [0.1, 0.15) is 27.7 Å². The maximum Gasteiger partial charge on any atom is 0.243 e. The molecular formula is C22H19ClN4O4S2. The van der Waals surface area contributed by atoms with E-state index in [1.165, 1.54) is 19.2 Å². The normalized spacial score (nSPS) is 12.4. The largest absolute Gasteiger partial charge is 0.495 e. The van der Waals surface area contributed by atoms with Crippen molar-refractivity contribution in [2.75, 3.05) is 12.4 Å². The van der Waals surface area contributed by atoms with E-state index >= 15 is 0 Å². The van der Waals surface area contributed by atoms with E-state index in [2.05, 4.69) is 18.8 Å². The van der Waals surface area contributed by atoms with Gasteiger partial charge in [-0.15, -0.1) is 0 Å². The Morgan fingerprint density at radius 1 is 1.09 bits per heavy atom. The van der Waals surface area contributed by atoms with E-state index in [1.54, 1.807) is 24.3 Å². The molecule has 1 atom stereocenters. The molecule has 0 saturated heterocycles. The number of hydrogen-bond donors (Lipinski definition) is 2. The summed E-state index contributed by atoms with van der Waals surface area (Å²) >= 11 is 7.08. The monoisotopic (exact) mass is 502 g/mol. The van der Waals surface area contributed by atoms with Crippen molar-refractivity contribution < 1.29 is 17.9 Å². The molecule has 0 fully saturated rings. The van der Waals surface area contributed by atoms with Crippen LogP contribution in [0.4, 0.5) is 5.69 Å². The minimum absolute atomic E-state index is 0.0351. The van der Waals surface area contributed by atoms with Gasteiger partial charge in [0.15, 0.2) is 0 Å². The Morgan fingerprint density at radius 2 is 1.88 bits per heavy atom. The summed E-state index contributed by atoms with van der Waals surface area (Å²) in [4.78, 5) is 13.1. The van der Waals surface area contributed by atoms with Crippen LogP contribution < -0.4 is 14.8 Å². The number of fused-ring (bicyclic) bond motifs is 1. The number of halogens is 1. The molecular weight excluding hydrogens is 484 g/mol. The third kappa shape index (κ3) is 5.31. The molecule has 1 amide bonds. The summed E-state index contributed by atoms with van der Waals surface area (Å²) in [6.45, 7) is 0. The number of ether oxygens (including phenoxy) is 1. The highest BCUT2D eigenvalue weighted by molar-refractivity contribution is 7.89. The fourth-order valence-electron chi connectivity index (χ4n) is 3.26. The van der Waals surface area contributed by atoms with Gasteiger partial charge in [0.2, 0.25) is 15.9 Å². The molecule has 0 spiro atoms. The molecule has 0 aliphatic carbocycles. The molecule has 11 heteroatoms. The van der Waals surface area contributed by atoms with Crippen molar-refractivity contribution in [3.05, 3.63) is 77.3 Å². The van der Waals surface area contributed by atoms with Gasteiger partial charge in [-0.1, -0.05) is 48.0 Å². The number of amides is 1. The first-order valence-electron chi connectivity index (χ1n) is 9.79. The number of nitrogens with one attached hydrogen (secondary N) is 2. The van der Waals surface area contributed by atoms with E-state index in [4.69, 9.17) is 16.3 Å². The number of anilines is 1. The highest BCUT2D eigenvalue weighted by Crippen LogP contribution is 2.27. The number of methoxy groups -OCH3 is 1. The molecule has 0 bridgehead atoms. The molecule has 2 N–H and O–H groups in total. The Kier molecular flexibility index (Phi) is 6.89. The van der Waals surface area contributed by atoms with Crippen molar-refractivity contribution in [1.82, 2.24) is 13.5 Å². The van der Waals surface area contributed by atoms with E-state index in [1.807, 2.05) is 30.3 Å². The minimum Gasteiger partial charge on any atom is -0.495 e. The van der Waals surface area contributed by atoms with Crippen LogP contribution in [0.2, 0.25) is 5.02 Å². The number of carbonyl (C=O) groups is 1. The molecule has 0 aliphatic rings. The lowest BCUT2D eigenvalue weighted by atomic mass is 10.1. The molecule has 0 aliphatic heterocycles. The average Bonchev–Trinajstić information content (AvgIpc) is 3.28. The van der Waals surface area contributed by atoms with Crippen LogP contribution in [0.25, 0.3) is 11.0 Å². The lowest BCUT2D eigenvalue weighted by Gasteiger charge is -2.19. The van der Waals surface area contributed by atoms with Gasteiger partial charge in [-0.2, -0.15) is 13.5 Å². The first-order valence-corrected chi connectivity index (χ1v) is 12.4. The van der Waals surface area contributed by atoms with Gasteiger partial charge in [0, 0.05) is 5.69 Å². The molecule has 3 aromatic carbocycles. The summed E-state index contributed by atoms with van der Waals surface area (Å²) in [6.07, 6.45) is 0.140. The number of carbonyl (C=O) groups excluding carboxylic acids is 1. The number of aromatic nitrogens is 2. The van der Waals surface area contributed by atoms with Crippen LogP contribution in [0, 0.1) is 0 Å². The van der Waals surface area contributed by atoms with E-state index in [0.717, 1.165) is 17.3 Å². The van der Waals surface area contributed by atoms with Crippen molar-refractivity contribution in [2.24, 2.45) is 0 Å². The second-order valence-electron chi connectivity index (χ2n) is 7.09. The van der Waals surface area contributed by atoms with Crippen molar-refractivity contribution in [3.63, 3.8) is 0 Å². The third-order valence-corrected chi connectivity index (χ3v) is 7.20. The first kappa shape index (κ1) is 23.1. The molecule has 170 valence electrons. The van der Waals surface area contributed by atoms with E-state index in [9.17, 15) is 13.2 Å². The van der Waals surface area contributed by atoms with Crippen LogP contribution >= 0.6 is 23.3 Å². The fraction of sp³-hybridized carbons (Fsp3) is 0.136. The van der Waals surface area contributed by atoms with Gasteiger partial charge in [-0.05, 0) is 42.3 Å². The number of nitrogens with zero attached hydrogens (tertiary/aromatic N) is 2. The molecule has 4 aromatic rings. The van der Waals surface area contributed by atoms with Crippen molar-refractivity contribution in [2.45, 2.75) is 17.4 Å². The second kappa shape index (κ2) is 9.84. The summed E-state index contributed by atoms with van der Waals surface area (Å²) in [5.41, 5.74) is 1.94. The zero-order chi connectivity index (χ0) is 23.4. The van der Waals surface area contributed by atoms with Crippen LogP contribution in [0.5, 0.6) is 5.75 Å². The van der Waals surface area contributed by atoms with Crippen LogP contribution in [0.1, 0.15) is 5.56 Å². The Hall–Kier alpha value is -3.05. The Morgan fingerprint density at radius 3 is 2.61 bits per heavy atom. The Balaban J connectivity index is 1.64. The van der Waals surface area contributed by atoms with E-state index < -0.39 is 22.0 Å². The van der Waals surface area contributed by atoms with Gasteiger partial charge < -0.3 is 10.1 Å². The molecule has 0 radical (unpaired) electrons. The third-order valence-electron chi connectivity index (χ3n) is 4.85. The number of hydrogen-bond acceptors (Lipinski definition) is 7. The summed E-state index contributed by atoms with van der Waals surface area (Å²) in [6, 6.07) is 17.5. The number of benzene rings is 3. The Labute approximate surface area is 199 Å². The molecule has 1 unspecified atom stereocenters. The quantitative estimate of drug-likeness (QED) is 0.378. The topological polar surface area (TPSA) is 110 Å². The van der Waals surface area contributed by atoms with Gasteiger partial charge in [0.25, 0.3) is 0 Å². The lowest BCUT2D eigenvalue weighted by molar-refractivity contribution is -0.117. The van der Waals surface area contributed by atoms with Crippen molar-refractivity contribution >= 4 is 56.0 Å². The average molecular weight is 503 g/mol. The zero-order valence-electron chi connectivity index (χ0n) is 17.4. The standard InChI is InChI=1S/C22H19ClN4O4S2/c1-31-19-11-10-15(13-16(19)23)24-22(28)18(12-14-6-3-2-4-7-14)27-33(29,30)20-9-5-8-17-21(20)26-32-25-17/h2-11,13,18,27H,12H2,1H3,(H,24,28). The molecule has 4 rings (SSSR count). The van der Waals surface area contributed by atoms with E-state index in [0.29, 0.717) is 22.0 Å². The predicted molar refractivity (Wildman–Crippen MR) is 128 cm³/mol. The lowest BCUT2D eigenvalue weighted by Crippen LogP contribution is -2.45. The molecule has 33 heavy (non-hydrogen) atoms. The van der Waals surface area contributed by atoms with Gasteiger partial charge in [0.05, 0.1) is 23.9 Å². The molecule has 1 aromatic heterocycles. The zero-order valence-corrected chi connectivity index (χ0v) is 19.7. The predicted octanol–water partition coefficient (Wildman–Crippen LogP) is 3.88. The van der Waals surface area contributed by atoms with E-state index in [-0.39, 0.29) is 16.8 Å². The minimum atomic E-state index is -4.08. The first-order chi connectivity index (χ1) is 15.9. The van der Waals surface area contributed by atoms with Gasteiger partial charge in [-0.3, -0.25) is 4.79 Å². The van der Waals surface area contributed by atoms with Crippen LogP contribution in [-0.2, 0) is 21.2 Å². The summed E-state index contributed by atoms with van der Waals surface area (Å²) in [7, 11) is -2.60. The van der Waals surface area contributed by atoms with Crippen LogP contribution in [0.15, 0.2) is 71.6 Å². The van der Waals surface area contributed by atoms with Crippen LogP contribution in [0.3, 0.4) is 0 Å². The highest BCUT2D eigenvalue weighted by atomic mass is 35.5. The number of rotatable bonds is 8. The summed E-state index contributed by atoms with van der Waals surface area (Å²) in [5, 5.41) is 3.05. The molecule has 8 nitrogen and oxygen atoms in total. The summed E-state index contributed by atoms with van der Waals surface area (Å²) in [5.74, 6) is -0.0755. The smallest absolute Gasteiger partial charge is 0.243 e. The van der Waals surface area contributed by atoms with Gasteiger partial charge >= 0.3 is 0 Å². The number of sulfonamides is 1. The van der Waals surface area contributed by atoms with Gasteiger partial charge in [-0.25, -0.2) is 8.42 Å². The summed E-state index contributed by atoms with van der Waals surface area (Å²) < 4.78 is 42.3. The maximum atomic E-state index is 13.2. The van der Waals surface area contributed by atoms with Crippen molar-refractivity contribution in [3.8, 4) is 5.75 Å². The molecule has 0 saturated carbocycles. The maximum absolute atomic E-state index is 13.2. The second-order valence-corrected chi connectivity index (χ2v) is 9.71. The SMILES string of the molecule is COc1ccc(NC(=O)C(Cc2ccccc2)NS(=O)(=O)c2cccc3nsnc23)cc1Cl. The molecule has 1 heterocycles. The van der Waals surface area contributed by atoms with Crippen LogP contribution in [-0.4, -0.2) is 36.2 Å². The fourth-order valence-corrected chi connectivity index (χ4v) is 5.48. The highest BCUT2D eigenvalue weighted by Gasteiger charge is 2.28.